The zero-order valence-electron chi connectivity index (χ0n) is 14.9. The normalized spacial score (nSPS) is 15.9. The van der Waals surface area contributed by atoms with Gasteiger partial charge in [0.05, 0.1) is 23.2 Å². The number of carbonyl (C=O) groups is 2. The summed E-state index contributed by atoms with van der Waals surface area (Å²) in [4.78, 5) is 25.9. The molecule has 0 bridgehead atoms. The summed E-state index contributed by atoms with van der Waals surface area (Å²) in [7, 11) is 0. The van der Waals surface area contributed by atoms with E-state index in [0.717, 1.165) is 18.4 Å². The van der Waals surface area contributed by atoms with Gasteiger partial charge in [-0.25, -0.2) is 4.79 Å². The Labute approximate surface area is 157 Å². The Bertz CT molecular complexity index is 806. The van der Waals surface area contributed by atoms with Crippen LogP contribution in [0.5, 0.6) is 0 Å². The van der Waals surface area contributed by atoms with Crippen LogP contribution in [-0.4, -0.2) is 44.8 Å². The monoisotopic (exact) mass is 375 g/mol. The van der Waals surface area contributed by atoms with E-state index in [9.17, 15) is 9.59 Å². The first-order valence-corrected chi connectivity index (χ1v) is 8.99. The van der Waals surface area contributed by atoms with E-state index in [1.54, 1.807) is 23.0 Å². The van der Waals surface area contributed by atoms with Crippen molar-refractivity contribution in [3.8, 4) is 0 Å². The molecular formula is C19H22ClN3O3. The average Bonchev–Trinajstić information content (AvgIpc) is 3.12. The summed E-state index contributed by atoms with van der Waals surface area (Å²) in [5.74, 6) is -0.890. The van der Waals surface area contributed by atoms with Crippen LogP contribution in [0.25, 0.3) is 0 Å². The van der Waals surface area contributed by atoms with E-state index in [0.29, 0.717) is 18.1 Å². The smallest absolute Gasteiger partial charge is 0.338 e. The van der Waals surface area contributed by atoms with Gasteiger partial charge in [0.1, 0.15) is 0 Å². The standard InChI is InChI=1S/C19H22ClN3O3/c1-19(2,14-3-5-15(20)6-4-14)18(26)22-9-7-16(8-10-22)23-12-13(11-21-23)17(24)25/h3-6,11-12,16H,7-10H2,1-2H3,(H,24,25). The Morgan fingerprint density at radius 3 is 2.35 bits per heavy atom. The number of aromatic carboxylic acids is 1. The van der Waals surface area contributed by atoms with Gasteiger partial charge in [-0.15, -0.1) is 0 Å². The highest BCUT2D eigenvalue weighted by atomic mass is 35.5. The van der Waals surface area contributed by atoms with Gasteiger partial charge in [-0.2, -0.15) is 5.10 Å². The van der Waals surface area contributed by atoms with Crippen molar-refractivity contribution >= 4 is 23.5 Å². The number of rotatable bonds is 4. The minimum Gasteiger partial charge on any atom is -0.478 e. The molecule has 2 aromatic rings. The van der Waals surface area contributed by atoms with Gasteiger partial charge in [0.25, 0.3) is 0 Å². The first-order valence-electron chi connectivity index (χ1n) is 8.62. The highest BCUT2D eigenvalue weighted by molar-refractivity contribution is 6.30. The van der Waals surface area contributed by atoms with Gasteiger partial charge >= 0.3 is 5.97 Å². The van der Waals surface area contributed by atoms with Gasteiger partial charge in [-0.1, -0.05) is 23.7 Å². The molecule has 0 unspecified atom stereocenters. The van der Waals surface area contributed by atoms with Gasteiger partial charge in [-0.3, -0.25) is 9.48 Å². The van der Waals surface area contributed by atoms with E-state index in [1.807, 2.05) is 30.9 Å². The van der Waals surface area contributed by atoms with Crippen molar-refractivity contribution in [2.75, 3.05) is 13.1 Å². The highest BCUT2D eigenvalue weighted by Crippen LogP contribution is 2.30. The SMILES string of the molecule is CC(C)(C(=O)N1CCC(n2cc(C(=O)O)cn2)CC1)c1ccc(Cl)cc1. The van der Waals surface area contributed by atoms with Crippen LogP contribution in [-0.2, 0) is 10.2 Å². The number of halogens is 1. The Balaban J connectivity index is 1.65. The first kappa shape index (κ1) is 18.5. The van der Waals surface area contributed by atoms with Crippen molar-refractivity contribution in [1.29, 1.82) is 0 Å². The van der Waals surface area contributed by atoms with E-state index < -0.39 is 11.4 Å². The van der Waals surface area contributed by atoms with Crippen molar-refractivity contribution < 1.29 is 14.7 Å². The Morgan fingerprint density at radius 1 is 1.19 bits per heavy atom. The second kappa shape index (κ2) is 7.11. The molecule has 1 amide bonds. The lowest BCUT2D eigenvalue weighted by atomic mass is 9.82. The Kier molecular flexibility index (Phi) is 5.05. The summed E-state index contributed by atoms with van der Waals surface area (Å²) in [5.41, 5.74) is 0.499. The number of carboxylic acid groups (broad SMARTS) is 1. The number of hydrogen-bond acceptors (Lipinski definition) is 3. The third-order valence-electron chi connectivity index (χ3n) is 5.07. The molecule has 2 heterocycles. The molecule has 138 valence electrons. The summed E-state index contributed by atoms with van der Waals surface area (Å²) < 4.78 is 1.70. The molecule has 26 heavy (non-hydrogen) atoms. The van der Waals surface area contributed by atoms with E-state index >= 15 is 0 Å². The van der Waals surface area contributed by atoms with E-state index in [4.69, 9.17) is 16.7 Å². The van der Waals surface area contributed by atoms with Crippen LogP contribution in [0.2, 0.25) is 5.02 Å². The number of carbonyl (C=O) groups excluding carboxylic acids is 1. The topological polar surface area (TPSA) is 75.4 Å². The molecule has 1 aromatic carbocycles. The quantitative estimate of drug-likeness (QED) is 0.888. The molecule has 6 nitrogen and oxygen atoms in total. The predicted octanol–water partition coefficient (Wildman–Crippen LogP) is 3.38. The first-order chi connectivity index (χ1) is 12.3. The van der Waals surface area contributed by atoms with Gasteiger partial charge < -0.3 is 10.0 Å². The van der Waals surface area contributed by atoms with Crippen LogP contribution in [0.15, 0.2) is 36.7 Å². The lowest BCUT2D eigenvalue weighted by Gasteiger charge is -2.37. The van der Waals surface area contributed by atoms with Crippen molar-refractivity contribution in [2.45, 2.75) is 38.1 Å². The third-order valence-corrected chi connectivity index (χ3v) is 5.33. The maximum atomic E-state index is 13.0. The third kappa shape index (κ3) is 3.60. The minimum atomic E-state index is -0.978. The summed E-state index contributed by atoms with van der Waals surface area (Å²) in [6.07, 6.45) is 4.43. The number of nitrogens with zero attached hydrogens (tertiary/aromatic N) is 3. The minimum absolute atomic E-state index is 0.0879. The van der Waals surface area contributed by atoms with Gasteiger partial charge in [0.2, 0.25) is 5.91 Å². The van der Waals surface area contributed by atoms with Crippen molar-refractivity contribution in [2.24, 2.45) is 0 Å². The lowest BCUT2D eigenvalue weighted by Crippen LogP contribution is -2.47. The number of hydrogen-bond donors (Lipinski definition) is 1. The zero-order chi connectivity index (χ0) is 18.9. The number of carboxylic acids is 1. The maximum absolute atomic E-state index is 13.0. The van der Waals surface area contributed by atoms with Gasteiger partial charge in [-0.05, 0) is 44.4 Å². The molecule has 1 N–H and O–H groups in total. The lowest BCUT2D eigenvalue weighted by molar-refractivity contribution is -0.137. The zero-order valence-corrected chi connectivity index (χ0v) is 15.6. The Morgan fingerprint density at radius 2 is 1.81 bits per heavy atom. The highest BCUT2D eigenvalue weighted by Gasteiger charge is 2.35. The molecule has 1 aliphatic heterocycles. The molecule has 1 aromatic heterocycles. The number of amides is 1. The summed E-state index contributed by atoms with van der Waals surface area (Å²) >= 11 is 5.95. The van der Waals surface area contributed by atoms with Crippen LogP contribution >= 0.6 is 11.6 Å². The number of benzene rings is 1. The molecule has 0 radical (unpaired) electrons. The van der Waals surface area contributed by atoms with Crippen molar-refractivity contribution in [3.63, 3.8) is 0 Å². The van der Waals surface area contributed by atoms with E-state index in [1.165, 1.54) is 6.20 Å². The predicted molar refractivity (Wildman–Crippen MR) is 98.5 cm³/mol. The van der Waals surface area contributed by atoms with Gasteiger partial charge in [0, 0.05) is 24.3 Å². The molecule has 0 spiro atoms. The second-order valence-electron chi connectivity index (χ2n) is 7.17. The summed E-state index contributed by atoms with van der Waals surface area (Å²) in [6.45, 7) is 5.11. The fourth-order valence-corrected chi connectivity index (χ4v) is 3.49. The van der Waals surface area contributed by atoms with Crippen molar-refractivity contribution in [3.05, 3.63) is 52.8 Å². The largest absolute Gasteiger partial charge is 0.478 e. The number of aromatic nitrogens is 2. The average molecular weight is 376 g/mol. The molecule has 7 heteroatoms. The number of piperidine rings is 1. The fraction of sp³-hybridized carbons (Fsp3) is 0.421. The molecule has 1 fully saturated rings. The van der Waals surface area contributed by atoms with Crippen LogP contribution in [0, 0.1) is 0 Å². The molecule has 1 aliphatic rings. The Hall–Kier alpha value is -2.34. The van der Waals surface area contributed by atoms with E-state index in [-0.39, 0.29) is 17.5 Å². The molecular weight excluding hydrogens is 354 g/mol. The molecule has 0 atom stereocenters. The summed E-state index contributed by atoms with van der Waals surface area (Å²) in [6, 6.07) is 7.51. The van der Waals surface area contributed by atoms with Crippen LogP contribution in [0.4, 0.5) is 0 Å². The van der Waals surface area contributed by atoms with Crippen LogP contribution < -0.4 is 0 Å². The molecule has 0 saturated carbocycles. The molecule has 1 saturated heterocycles. The number of likely N-dealkylation sites (tertiary alicyclic amines) is 1. The summed E-state index contributed by atoms with van der Waals surface area (Å²) in [5, 5.41) is 13.8. The molecule has 3 rings (SSSR count). The maximum Gasteiger partial charge on any atom is 0.338 e. The second-order valence-corrected chi connectivity index (χ2v) is 7.61. The van der Waals surface area contributed by atoms with Crippen LogP contribution in [0.3, 0.4) is 0 Å². The van der Waals surface area contributed by atoms with Crippen LogP contribution in [0.1, 0.15) is 48.7 Å². The van der Waals surface area contributed by atoms with E-state index in [2.05, 4.69) is 5.10 Å². The van der Waals surface area contributed by atoms with Gasteiger partial charge in [0.15, 0.2) is 0 Å². The fourth-order valence-electron chi connectivity index (χ4n) is 3.37. The molecule has 0 aliphatic carbocycles. The van der Waals surface area contributed by atoms with Crippen molar-refractivity contribution in [1.82, 2.24) is 14.7 Å².